The summed E-state index contributed by atoms with van der Waals surface area (Å²) in [6, 6.07) is 1.90. The molecular formula is C17H20N6O. The van der Waals surface area contributed by atoms with Crippen molar-refractivity contribution in [2.45, 2.75) is 26.4 Å². The number of fused-ring (bicyclic) bond motifs is 1. The highest BCUT2D eigenvalue weighted by Gasteiger charge is 2.34. The van der Waals surface area contributed by atoms with Gasteiger partial charge in [-0.05, 0) is 20.3 Å². The Morgan fingerprint density at radius 1 is 1.21 bits per heavy atom. The van der Waals surface area contributed by atoms with E-state index in [0.717, 1.165) is 41.4 Å². The van der Waals surface area contributed by atoms with Crippen LogP contribution in [-0.2, 0) is 6.42 Å². The van der Waals surface area contributed by atoms with Crippen molar-refractivity contribution in [1.29, 1.82) is 0 Å². The van der Waals surface area contributed by atoms with Crippen molar-refractivity contribution in [2.24, 2.45) is 5.92 Å². The van der Waals surface area contributed by atoms with E-state index in [1.807, 2.05) is 17.5 Å². The molecule has 0 aliphatic carbocycles. The van der Waals surface area contributed by atoms with E-state index in [4.69, 9.17) is 0 Å². The van der Waals surface area contributed by atoms with Gasteiger partial charge in [-0.25, -0.2) is 4.98 Å². The van der Waals surface area contributed by atoms with Gasteiger partial charge in [0.15, 0.2) is 5.65 Å². The maximum atomic E-state index is 10.5. The second-order valence-corrected chi connectivity index (χ2v) is 6.38. The van der Waals surface area contributed by atoms with E-state index in [2.05, 4.69) is 31.9 Å². The molecule has 0 aromatic carbocycles. The molecule has 3 aromatic rings. The first kappa shape index (κ1) is 15.0. The van der Waals surface area contributed by atoms with Crippen LogP contribution in [0.15, 0.2) is 30.9 Å². The second-order valence-electron chi connectivity index (χ2n) is 6.38. The monoisotopic (exact) mass is 324 g/mol. The number of aromatic nitrogens is 5. The summed E-state index contributed by atoms with van der Waals surface area (Å²) in [5, 5.41) is 14.9. The van der Waals surface area contributed by atoms with Gasteiger partial charge in [-0.15, -0.1) is 0 Å². The molecule has 0 saturated carbocycles. The predicted octanol–water partition coefficient (Wildman–Crippen LogP) is 1.18. The largest absolute Gasteiger partial charge is 0.391 e. The molecule has 1 aliphatic heterocycles. The molecule has 3 aromatic heterocycles. The summed E-state index contributed by atoms with van der Waals surface area (Å²) in [5.41, 5.74) is 3.83. The first-order chi connectivity index (χ1) is 11.6. The summed E-state index contributed by atoms with van der Waals surface area (Å²) in [6.07, 6.45) is 7.20. The van der Waals surface area contributed by atoms with Gasteiger partial charge in [0.2, 0.25) is 0 Å². The molecule has 7 nitrogen and oxygen atoms in total. The molecule has 0 spiro atoms. The van der Waals surface area contributed by atoms with Gasteiger partial charge in [0.25, 0.3) is 0 Å². The summed E-state index contributed by atoms with van der Waals surface area (Å²) >= 11 is 0. The molecule has 124 valence electrons. The lowest BCUT2D eigenvalue weighted by Crippen LogP contribution is -2.25. The fourth-order valence-corrected chi connectivity index (χ4v) is 3.42. The maximum absolute atomic E-state index is 10.5. The van der Waals surface area contributed by atoms with Crippen molar-refractivity contribution in [2.75, 3.05) is 18.0 Å². The number of rotatable bonds is 3. The van der Waals surface area contributed by atoms with E-state index in [0.29, 0.717) is 6.54 Å². The van der Waals surface area contributed by atoms with Crippen LogP contribution in [0.25, 0.3) is 5.65 Å². The first-order valence-corrected chi connectivity index (χ1v) is 8.12. The van der Waals surface area contributed by atoms with Crippen LogP contribution < -0.4 is 4.90 Å². The fourth-order valence-electron chi connectivity index (χ4n) is 3.42. The highest BCUT2D eigenvalue weighted by atomic mass is 16.3. The Morgan fingerprint density at radius 3 is 2.88 bits per heavy atom. The minimum atomic E-state index is -0.398. The molecule has 4 rings (SSSR count). The Morgan fingerprint density at radius 2 is 2.08 bits per heavy atom. The zero-order valence-corrected chi connectivity index (χ0v) is 13.8. The molecule has 1 N–H and O–H groups in total. The number of hydrogen-bond acceptors (Lipinski definition) is 6. The van der Waals surface area contributed by atoms with Crippen LogP contribution in [0.5, 0.6) is 0 Å². The van der Waals surface area contributed by atoms with E-state index in [1.165, 1.54) is 0 Å². The van der Waals surface area contributed by atoms with Crippen LogP contribution in [0, 0.1) is 19.8 Å². The summed E-state index contributed by atoms with van der Waals surface area (Å²) < 4.78 is 1.86. The molecule has 2 atom stereocenters. The molecule has 24 heavy (non-hydrogen) atoms. The topological polar surface area (TPSA) is 79.4 Å². The Bertz CT molecular complexity index is 862. The molecule has 4 heterocycles. The van der Waals surface area contributed by atoms with Gasteiger partial charge in [-0.3, -0.25) is 9.97 Å². The number of β-amino-alcohol motifs (C(OH)–C–C–N with tert-alkyl or cyclic N) is 1. The number of aliphatic hydroxyl groups is 1. The van der Waals surface area contributed by atoms with Gasteiger partial charge in [-0.2, -0.15) is 9.61 Å². The smallest absolute Gasteiger partial charge is 0.157 e. The van der Waals surface area contributed by atoms with E-state index in [-0.39, 0.29) is 5.92 Å². The van der Waals surface area contributed by atoms with Crippen LogP contribution in [0.2, 0.25) is 0 Å². The molecule has 1 fully saturated rings. The van der Waals surface area contributed by atoms with Gasteiger partial charge in [-0.1, -0.05) is 0 Å². The minimum absolute atomic E-state index is 0.125. The van der Waals surface area contributed by atoms with Crippen molar-refractivity contribution in [3.63, 3.8) is 0 Å². The highest BCUT2D eigenvalue weighted by molar-refractivity contribution is 5.57. The Kier molecular flexibility index (Phi) is 3.65. The standard InChI is InChI=1S/C17H20N6O/c1-11-12(2)21-16-3-4-20-23(16)17(11)22-9-13(15(24)10-22)7-14-8-18-5-6-19-14/h3-6,8,13,15,24H,7,9-10H2,1-2H3/t13-,15-/m1/s1. The van der Waals surface area contributed by atoms with Crippen molar-refractivity contribution in [3.8, 4) is 0 Å². The van der Waals surface area contributed by atoms with Gasteiger partial charge < -0.3 is 10.0 Å². The van der Waals surface area contributed by atoms with Crippen LogP contribution in [0.4, 0.5) is 5.82 Å². The van der Waals surface area contributed by atoms with Crippen LogP contribution >= 0.6 is 0 Å². The number of aliphatic hydroxyl groups excluding tert-OH is 1. The molecular weight excluding hydrogens is 304 g/mol. The fraction of sp³-hybridized carbons (Fsp3) is 0.412. The van der Waals surface area contributed by atoms with Crippen LogP contribution in [0.1, 0.15) is 17.0 Å². The molecule has 0 unspecified atom stereocenters. The van der Waals surface area contributed by atoms with E-state index in [9.17, 15) is 5.11 Å². The Balaban J connectivity index is 1.65. The van der Waals surface area contributed by atoms with E-state index >= 15 is 0 Å². The Hall–Kier alpha value is -2.54. The quantitative estimate of drug-likeness (QED) is 0.779. The summed E-state index contributed by atoms with van der Waals surface area (Å²) in [7, 11) is 0. The summed E-state index contributed by atoms with van der Waals surface area (Å²) in [5.74, 6) is 1.14. The van der Waals surface area contributed by atoms with Gasteiger partial charge in [0.1, 0.15) is 5.82 Å². The van der Waals surface area contributed by atoms with Crippen molar-refractivity contribution in [1.82, 2.24) is 24.6 Å². The third-order valence-corrected chi connectivity index (χ3v) is 4.78. The van der Waals surface area contributed by atoms with Gasteiger partial charge >= 0.3 is 0 Å². The lowest BCUT2D eigenvalue weighted by molar-refractivity contribution is 0.147. The van der Waals surface area contributed by atoms with Gasteiger partial charge in [0.05, 0.1) is 18.0 Å². The third kappa shape index (κ3) is 2.50. The molecule has 1 aliphatic rings. The Labute approximate surface area is 140 Å². The molecule has 0 amide bonds. The molecule has 0 radical (unpaired) electrons. The summed E-state index contributed by atoms with van der Waals surface area (Å²) in [4.78, 5) is 15.2. The third-order valence-electron chi connectivity index (χ3n) is 4.78. The van der Waals surface area contributed by atoms with Crippen molar-refractivity contribution < 1.29 is 5.11 Å². The zero-order valence-electron chi connectivity index (χ0n) is 13.8. The average molecular weight is 324 g/mol. The molecule has 1 saturated heterocycles. The van der Waals surface area contributed by atoms with E-state index in [1.54, 1.807) is 24.8 Å². The molecule has 7 heteroatoms. The zero-order chi connectivity index (χ0) is 16.7. The number of hydrogen-bond donors (Lipinski definition) is 1. The lowest BCUT2D eigenvalue weighted by atomic mass is 10.0. The van der Waals surface area contributed by atoms with Gasteiger partial charge in [0, 0.05) is 54.9 Å². The summed E-state index contributed by atoms with van der Waals surface area (Å²) in [6.45, 7) is 5.41. The lowest BCUT2D eigenvalue weighted by Gasteiger charge is -2.22. The number of aryl methyl sites for hydroxylation is 1. The van der Waals surface area contributed by atoms with E-state index < -0.39 is 6.10 Å². The number of nitrogens with zero attached hydrogens (tertiary/aromatic N) is 6. The SMILES string of the molecule is Cc1nc2ccnn2c(N2C[C@@H](Cc3cnccn3)[C@H](O)C2)c1C. The predicted molar refractivity (Wildman–Crippen MR) is 89.9 cm³/mol. The molecule has 0 bridgehead atoms. The average Bonchev–Trinajstić information content (AvgIpc) is 3.16. The van der Waals surface area contributed by atoms with Crippen molar-refractivity contribution >= 4 is 11.5 Å². The van der Waals surface area contributed by atoms with Crippen molar-refractivity contribution in [3.05, 3.63) is 47.8 Å². The van der Waals surface area contributed by atoms with Crippen LogP contribution in [-0.4, -0.2) is 48.9 Å². The normalized spacial score (nSPS) is 20.9. The number of anilines is 1. The minimum Gasteiger partial charge on any atom is -0.391 e. The highest BCUT2D eigenvalue weighted by Crippen LogP contribution is 2.29. The maximum Gasteiger partial charge on any atom is 0.157 e. The first-order valence-electron chi connectivity index (χ1n) is 8.12. The van der Waals surface area contributed by atoms with Crippen LogP contribution in [0.3, 0.4) is 0 Å². The second kappa shape index (κ2) is 5.83.